The number of rotatable bonds is 6. The minimum Gasteiger partial charge on any atom is -0.390 e. The van der Waals surface area contributed by atoms with Crippen LogP contribution < -0.4 is 5.73 Å². The number of benzene rings is 1. The van der Waals surface area contributed by atoms with Gasteiger partial charge in [-0.15, -0.1) is 18.3 Å². The molecule has 1 aromatic carbocycles. The van der Waals surface area contributed by atoms with Crippen LogP contribution in [0, 0.1) is 17.8 Å². The largest absolute Gasteiger partial charge is 0.390 e. The van der Waals surface area contributed by atoms with E-state index < -0.39 is 27.7 Å². The highest BCUT2D eigenvalue weighted by Gasteiger charge is 2.31. The van der Waals surface area contributed by atoms with Gasteiger partial charge in [-0.25, -0.2) is 8.42 Å². The number of aliphatic hydroxyl groups excluding tert-OH is 1. The number of hydrogen-bond acceptors (Lipinski definition) is 5. The van der Waals surface area contributed by atoms with Crippen molar-refractivity contribution < 1.29 is 18.3 Å². The lowest BCUT2D eigenvalue weighted by Gasteiger charge is -2.34. The number of carbonyl (C=O) groups is 1. The molecule has 1 aliphatic rings. The first-order valence-corrected chi connectivity index (χ1v) is 11.2. The Morgan fingerprint density at radius 3 is 2.36 bits per heavy atom. The second-order valence-corrected chi connectivity index (χ2v) is 9.42. The standard InChI is InChI=1S/C20H28N2O4S.ClH/c1-3-4-15-5-7-16(8-6-15)13-17-9-11-22(12-10-17)20(24)19(21)18(23)14-27(2,25)26;/h5-8,17-19,23H,9-14,21H2,1-2H3;1H. The first kappa shape index (κ1) is 24.4. The molecule has 1 amide bonds. The number of likely N-dealkylation sites (tertiary alicyclic amines) is 1. The van der Waals surface area contributed by atoms with Crippen LogP contribution in [0.25, 0.3) is 0 Å². The lowest BCUT2D eigenvalue weighted by Crippen LogP contribution is -2.53. The van der Waals surface area contributed by atoms with Crippen LogP contribution >= 0.6 is 12.4 Å². The first-order chi connectivity index (χ1) is 12.7. The maximum atomic E-state index is 12.4. The van der Waals surface area contributed by atoms with Crippen molar-refractivity contribution in [2.75, 3.05) is 25.1 Å². The first-order valence-electron chi connectivity index (χ1n) is 9.11. The van der Waals surface area contributed by atoms with Crippen molar-refractivity contribution in [2.24, 2.45) is 11.7 Å². The van der Waals surface area contributed by atoms with E-state index in [1.165, 1.54) is 5.56 Å². The summed E-state index contributed by atoms with van der Waals surface area (Å²) in [5.41, 5.74) is 8.03. The number of nitrogens with two attached hydrogens (primary N) is 1. The molecule has 1 saturated heterocycles. The van der Waals surface area contributed by atoms with Gasteiger partial charge >= 0.3 is 0 Å². The monoisotopic (exact) mass is 428 g/mol. The van der Waals surface area contributed by atoms with Crippen LogP contribution in [-0.2, 0) is 21.1 Å². The number of carbonyl (C=O) groups excluding carboxylic acids is 1. The molecular weight excluding hydrogens is 400 g/mol. The van der Waals surface area contributed by atoms with Crippen LogP contribution in [0.2, 0.25) is 0 Å². The van der Waals surface area contributed by atoms with Crippen molar-refractivity contribution >= 4 is 28.2 Å². The third-order valence-corrected chi connectivity index (χ3v) is 5.79. The van der Waals surface area contributed by atoms with E-state index in [4.69, 9.17) is 5.73 Å². The van der Waals surface area contributed by atoms with Crippen LogP contribution in [0.4, 0.5) is 0 Å². The molecule has 0 bridgehead atoms. The Morgan fingerprint density at radius 2 is 1.86 bits per heavy atom. The molecule has 0 aliphatic carbocycles. The topological polar surface area (TPSA) is 101 Å². The Hall–Kier alpha value is -1.59. The number of piperidine rings is 1. The summed E-state index contributed by atoms with van der Waals surface area (Å²) in [7, 11) is -3.39. The van der Waals surface area contributed by atoms with E-state index in [0.29, 0.717) is 19.0 Å². The average molecular weight is 429 g/mol. The van der Waals surface area contributed by atoms with Crippen molar-refractivity contribution in [1.82, 2.24) is 4.90 Å². The van der Waals surface area contributed by atoms with Crippen molar-refractivity contribution in [1.29, 1.82) is 0 Å². The van der Waals surface area contributed by atoms with Crippen LogP contribution in [0.3, 0.4) is 0 Å². The smallest absolute Gasteiger partial charge is 0.242 e. The SMILES string of the molecule is CC#Cc1ccc(CC2CCN(C(=O)C(N)C(O)CS(C)(=O)=O)CC2)cc1.Cl. The Bertz CT molecular complexity index is 807. The van der Waals surface area contributed by atoms with E-state index in [0.717, 1.165) is 31.1 Å². The van der Waals surface area contributed by atoms with Crippen molar-refractivity contribution in [2.45, 2.75) is 38.3 Å². The van der Waals surface area contributed by atoms with E-state index in [1.807, 2.05) is 19.1 Å². The van der Waals surface area contributed by atoms with E-state index in [1.54, 1.807) is 4.90 Å². The quantitative estimate of drug-likeness (QED) is 0.658. The molecule has 8 heteroatoms. The van der Waals surface area contributed by atoms with Gasteiger partial charge in [0.05, 0.1) is 11.9 Å². The number of amides is 1. The fourth-order valence-corrected chi connectivity index (χ4v) is 4.18. The van der Waals surface area contributed by atoms with Gasteiger partial charge in [-0.05, 0) is 49.8 Å². The van der Waals surface area contributed by atoms with Crippen LogP contribution in [0.15, 0.2) is 24.3 Å². The normalized spacial score (nSPS) is 17.1. The summed E-state index contributed by atoms with van der Waals surface area (Å²) in [6, 6.07) is 7.02. The molecule has 6 nitrogen and oxygen atoms in total. The van der Waals surface area contributed by atoms with E-state index >= 15 is 0 Å². The molecule has 0 aromatic heterocycles. The molecule has 2 atom stereocenters. The molecule has 0 spiro atoms. The van der Waals surface area contributed by atoms with E-state index in [2.05, 4.69) is 24.0 Å². The molecule has 156 valence electrons. The maximum Gasteiger partial charge on any atom is 0.242 e. The molecule has 1 aliphatic heterocycles. The Labute approximate surface area is 173 Å². The van der Waals surface area contributed by atoms with Gasteiger partial charge < -0.3 is 15.7 Å². The second-order valence-electron chi connectivity index (χ2n) is 7.23. The van der Waals surface area contributed by atoms with Crippen LogP contribution in [0.5, 0.6) is 0 Å². The highest BCUT2D eigenvalue weighted by atomic mass is 35.5. The van der Waals surface area contributed by atoms with Crippen LogP contribution in [0.1, 0.15) is 30.9 Å². The molecule has 2 rings (SSSR count). The Kier molecular flexibility index (Phi) is 9.45. The lowest BCUT2D eigenvalue weighted by molar-refractivity contribution is -0.136. The van der Waals surface area contributed by atoms with Crippen molar-refractivity contribution in [3.8, 4) is 11.8 Å². The van der Waals surface area contributed by atoms with Gasteiger partial charge in [0.2, 0.25) is 5.91 Å². The summed E-state index contributed by atoms with van der Waals surface area (Å²) in [4.78, 5) is 14.1. The van der Waals surface area contributed by atoms with Gasteiger partial charge in [-0.1, -0.05) is 18.1 Å². The zero-order chi connectivity index (χ0) is 20.0. The summed E-state index contributed by atoms with van der Waals surface area (Å²) in [5.74, 6) is 5.50. The third kappa shape index (κ3) is 7.44. The maximum absolute atomic E-state index is 12.4. The van der Waals surface area contributed by atoms with Gasteiger partial charge in [0.1, 0.15) is 15.9 Å². The molecule has 0 saturated carbocycles. The second kappa shape index (κ2) is 10.8. The van der Waals surface area contributed by atoms with Crippen LogP contribution in [-0.4, -0.2) is 61.6 Å². The van der Waals surface area contributed by atoms with Gasteiger partial charge in [0.15, 0.2) is 0 Å². The fourth-order valence-electron chi connectivity index (χ4n) is 3.35. The highest BCUT2D eigenvalue weighted by molar-refractivity contribution is 7.90. The molecule has 2 unspecified atom stereocenters. The van der Waals surface area contributed by atoms with Crippen molar-refractivity contribution in [3.05, 3.63) is 35.4 Å². The molecule has 1 heterocycles. The van der Waals surface area contributed by atoms with E-state index in [9.17, 15) is 18.3 Å². The Balaban J connectivity index is 0.00000392. The zero-order valence-corrected chi connectivity index (χ0v) is 17.9. The molecular formula is C20H29ClN2O4S. The number of sulfone groups is 1. The molecule has 0 radical (unpaired) electrons. The summed E-state index contributed by atoms with van der Waals surface area (Å²) in [6.45, 7) is 2.96. The summed E-state index contributed by atoms with van der Waals surface area (Å²) in [5, 5.41) is 9.90. The van der Waals surface area contributed by atoms with Gasteiger partial charge in [0.25, 0.3) is 0 Å². The summed E-state index contributed by atoms with van der Waals surface area (Å²) >= 11 is 0. The zero-order valence-electron chi connectivity index (χ0n) is 16.3. The lowest BCUT2D eigenvalue weighted by atomic mass is 9.89. The summed E-state index contributed by atoms with van der Waals surface area (Å²) in [6.07, 6.45) is 2.30. The minimum absolute atomic E-state index is 0. The number of nitrogens with zero attached hydrogens (tertiary/aromatic N) is 1. The van der Waals surface area contributed by atoms with E-state index in [-0.39, 0.29) is 18.3 Å². The third-order valence-electron chi connectivity index (χ3n) is 4.85. The minimum atomic E-state index is -3.39. The number of hydrogen-bond donors (Lipinski definition) is 2. The van der Waals surface area contributed by atoms with Gasteiger partial charge in [-0.3, -0.25) is 4.79 Å². The number of halogens is 1. The fraction of sp³-hybridized carbons (Fsp3) is 0.550. The molecule has 1 fully saturated rings. The molecule has 3 N–H and O–H groups in total. The summed E-state index contributed by atoms with van der Waals surface area (Å²) < 4.78 is 22.5. The van der Waals surface area contributed by atoms with Gasteiger partial charge in [0, 0.05) is 24.9 Å². The van der Waals surface area contributed by atoms with Crippen molar-refractivity contribution in [3.63, 3.8) is 0 Å². The molecule has 28 heavy (non-hydrogen) atoms. The van der Waals surface area contributed by atoms with Gasteiger partial charge in [-0.2, -0.15) is 0 Å². The predicted octanol–water partition coefficient (Wildman–Crippen LogP) is 0.994. The molecule has 1 aromatic rings. The Morgan fingerprint density at radius 1 is 1.29 bits per heavy atom. The average Bonchev–Trinajstić information content (AvgIpc) is 2.61. The number of aliphatic hydroxyl groups is 1. The highest BCUT2D eigenvalue weighted by Crippen LogP contribution is 2.22. The predicted molar refractivity (Wildman–Crippen MR) is 113 cm³/mol.